The Labute approximate surface area is 99.5 Å². The van der Waals surface area contributed by atoms with E-state index in [1.54, 1.807) is 7.05 Å². The third-order valence-corrected chi connectivity index (χ3v) is 2.80. The minimum Gasteiger partial charge on any atom is -0.357 e. The second kappa shape index (κ2) is 4.30. The quantitative estimate of drug-likeness (QED) is 0.856. The number of aryl methyl sites for hydroxylation is 1. The highest BCUT2D eigenvalue weighted by Crippen LogP contribution is 2.29. The smallest absolute Gasteiger partial charge is 0.241 e. The zero-order valence-corrected chi connectivity index (χ0v) is 9.82. The van der Waals surface area contributed by atoms with Crippen LogP contribution in [-0.4, -0.2) is 17.9 Å². The van der Waals surface area contributed by atoms with Gasteiger partial charge in [-0.3, -0.25) is 4.79 Å². The number of fused-ring (bicyclic) bond motifs is 1. The van der Waals surface area contributed by atoms with Crippen LogP contribution < -0.4 is 4.90 Å². The van der Waals surface area contributed by atoms with Crippen LogP contribution in [0.5, 0.6) is 0 Å². The Morgan fingerprint density at radius 2 is 2.18 bits per heavy atom. The lowest BCUT2D eigenvalue weighted by molar-refractivity contribution is -0.117. The van der Waals surface area contributed by atoms with Crippen LogP contribution in [0, 0.1) is 18.3 Å². The van der Waals surface area contributed by atoms with Crippen molar-refractivity contribution in [1.82, 2.24) is 4.98 Å². The Hall–Kier alpha value is -2.28. The first-order chi connectivity index (χ1) is 8.15. The third-order valence-electron chi connectivity index (χ3n) is 2.80. The fourth-order valence-corrected chi connectivity index (χ4v) is 2.00. The van der Waals surface area contributed by atoms with E-state index in [-0.39, 0.29) is 12.3 Å². The van der Waals surface area contributed by atoms with Gasteiger partial charge >= 0.3 is 0 Å². The number of nitrogens with one attached hydrogen (secondary N) is 1. The lowest BCUT2D eigenvalue weighted by Gasteiger charge is -2.16. The monoisotopic (exact) mass is 227 g/mol. The standard InChI is InChI=1S/C13H13N3O/c1-9-13(16(2)12(17)7-8-14)10-5-3-4-6-11(10)15-9/h3-6,15H,7H2,1-2H3. The van der Waals surface area contributed by atoms with Crippen molar-refractivity contribution in [1.29, 1.82) is 5.26 Å². The fourth-order valence-electron chi connectivity index (χ4n) is 2.00. The van der Waals surface area contributed by atoms with Crippen LogP contribution in [0.4, 0.5) is 5.69 Å². The van der Waals surface area contributed by atoms with Gasteiger partial charge in [0.2, 0.25) is 5.91 Å². The molecule has 1 aromatic heterocycles. The Kier molecular flexibility index (Phi) is 2.84. The molecule has 0 aliphatic heterocycles. The number of para-hydroxylation sites is 1. The predicted octanol–water partition coefficient (Wildman–Crippen LogP) is 2.35. The molecule has 0 saturated heterocycles. The topological polar surface area (TPSA) is 59.9 Å². The summed E-state index contributed by atoms with van der Waals surface area (Å²) in [5.41, 5.74) is 2.78. The molecule has 0 fully saturated rings. The van der Waals surface area contributed by atoms with Crippen molar-refractivity contribution in [3.8, 4) is 6.07 Å². The lowest BCUT2D eigenvalue weighted by atomic mass is 10.2. The summed E-state index contributed by atoms with van der Waals surface area (Å²) >= 11 is 0. The van der Waals surface area contributed by atoms with Gasteiger partial charge in [-0.05, 0) is 13.0 Å². The van der Waals surface area contributed by atoms with Crippen molar-refractivity contribution in [3.63, 3.8) is 0 Å². The van der Waals surface area contributed by atoms with Gasteiger partial charge in [-0.2, -0.15) is 5.26 Å². The SMILES string of the molecule is Cc1[nH]c2ccccc2c1N(C)C(=O)CC#N. The van der Waals surface area contributed by atoms with Crippen LogP contribution in [0.1, 0.15) is 12.1 Å². The van der Waals surface area contributed by atoms with Crippen molar-refractivity contribution in [2.75, 3.05) is 11.9 Å². The van der Waals surface area contributed by atoms with Gasteiger partial charge < -0.3 is 9.88 Å². The van der Waals surface area contributed by atoms with Crippen molar-refractivity contribution in [2.45, 2.75) is 13.3 Å². The maximum atomic E-state index is 11.7. The van der Waals surface area contributed by atoms with E-state index in [9.17, 15) is 4.79 Å². The first-order valence-corrected chi connectivity index (χ1v) is 5.36. The molecule has 2 aromatic rings. The summed E-state index contributed by atoms with van der Waals surface area (Å²) < 4.78 is 0. The molecule has 0 saturated carbocycles. The van der Waals surface area contributed by atoms with Crippen molar-refractivity contribution < 1.29 is 4.79 Å². The number of rotatable bonds is 2. The molecule has 17 heavy (non-hydrogen) atoms. The molecule has 4 heteroatoms. The Morgan fingerprint density at radius 3 is 2.88 bits per heavy atom. The second-order valence-corrected chi connectivity index (χ2v) is 3.93. The lowest BCUT2D eigenvalue weighted by Crippen LogP contribution is -2.25. The summed E-state index contributed by atoms with van der Waals surface area (Å²) in [5.74, 6) is -0.194. The number of hydrogen-bond acceptors (Lipinski definition) is 2. The molecule has 1 heterocycles. The van der Waals surface area contributed by atoms with Gasteiger partial charge in [-0.25, -0.2) is 0 Å². The number of nitrogens with zero attached hydrogens (tertiary/aromatic N) is 2. The van der Waals surface area contributed by atoms with E-state index < -0.39 is 0 Å². The molecule has 0 spiro atoms. The van der Waals surface area contributed by atoms with Gasteiger partial charge in [0.15, 0.2) is 0 Å². The summed E-state index contributed by atoms with van der Waals surface area (Å²) in [7, 11) is 1.70. The van der Waals surface area contributed by atoms with Gasteiger partial charge in [0, 0.05) is 23.6 Å². The normalized spacial score (nSPS) is 10.2. The summed E-state index contributed by atoms with van der Waals surface area (Å²) in [6, 6.07) is 9.68. The molecule has 0 aliphatic carbocycles. The summed E-state index contributed by atoms with van der Waals surface area (Å²) in [5, 5.41) is 9.56. The highest BCUT2D eigenvalue weighted by Gasteiger charge is 2.17. The zero-order valence-electron chi connectivity index (χ0n) is 9.82. The van der Waals surface area contributed by atoms with Gasteiger partial charge in [0.25, 0.3) is 0 Å². The molecule has 0 radical (unpaired) electrons. The van der Waals surface area contributed by atoms with Crippen LogP contribution in [0.3, 0.4) is 0 Å². The number of benzene rings is 1. The van der Waals surface area contributed by atoms with Crippen LogP contribution in [0.2, 0.25) is 0 Å². The number of aromatic amines is 1. The van der Waals surface area contributed by atoms with E-state index in [1.165, 1.54) is 4.90 Å². The first-order valence-electron chi connectivity index (χ1n) is 5.36. The Bertz CT molecular complexity index is 607. The number of carbonyl (C=O) groups excluding carboxylic acids is 1. The van der Waals surface area contributed by atoms with E-state index in [4.69, 9.17) is 5.26 Å². The van der Waals surface area contributed by atoms with E-state index in [0.717, 1.165) is 22.3 Å². The van der Waals surface area contributed by atoms with E-state index in [0.29, 0.717) is 0 Å². The molecule has 1 amide bonds. The van der Waals surface area contributed by atoms with Crippen molar-refractivity contribution >= 4 is 22.5 Å². The number of hydrogen-bond donors (Lipinski definition) is 1. The molecule has 4 nitrogen and oxygen atoms in total. The Morgan fingerprint density at radius 1 is 1.47 bits per heavy atom. The average Bonchev–Trinajstić information content (AvgIpc) is 2.64. The average molecular weight is 227 g/mol. The Balaban J connectivity index is 2.51. The van der Waals surface area contributed by atoms with Crippen LogP contribution >= 0.6 is 0 Å². The van der Waals surface area contributed by atoms with Gasteiger partial charge in [0.1, 0.15) is 6.42 Å². The molecular formula is C13H13N3O. The van der Waals surface area contributed by atoms with Crippen LogP contribution in [-0.2, 0) is 4.79 Å². The predicted molar refractivity (Wildman–Crippen MR) is 66.7 cm³/mol. The van der Waals surface area contributed by atoms with E-state index in [1.807, 2.05) is 37.3 Å². The van der Waals surface area contributed by atoms with Crippen LogP contribution in [0.25, 0.3) is 10.9 Å². The highest BCUT2D eigenvalue weighted by molar-refractivity contribution is 6.04. The van der Waals surface area contributed by atoms with E-state index >= 15 is 0 Å². The van der Waals surface area contributed by atoms with Gasteiger partial charge in [-0.15, -0.1) is 0 Å². The van der Waals surface area contributed by atoms with E-state index in [2.05, 4.69) is 4.98 Å². The maximum Gasteiger partial charge on any atom is 0.241 e. The number of anilines is 1. The second-order valence-electron chi connectivity index (χ2n) is 3.93. The molecule has 2 rings (SSSR count). The zero-order chi connectivity index (χ0) is 12.4. The summed E-state index contributed by atoms with van der Waals surface area (Å²) in [6.07, 6.45) is -0.102. The highest BCUT2D eigenvalue weighted by atomic mass is 16.2. The number of aromatic nitrogens is 1. The molecule has 1 aromatic carbocycles. The van der Waals surface area contributed by atoms with Crippen molar-refractivity contribution in [2.24, 2.45) is 0 Å². The largest absolute Gasteiger partial charge is 0.357 e. The molecule has 1 N–H and O–H groups in total. The molecule has 0 atom stereocenters. The maximum absolute atomic E-state index is 11.7. The molecule has 86 valence electrons. The number of carbonyl (C=O) groups is 1. The van der Waals surface area contributed by atoms with Gasteiger partial charge in [-0.1, -0.05) is 18.2 Å². The van der Waals surface area contributed by atoms with Gasteiger partial charge in [0.05, 0.1) is 11.8 Å². The number of nitriles is 1. The van der Waals surface area contributed by atoms with Crippen molar-refractivity contribution in [3.05, 3.63) is 30.0 Å². The number of amides is 1. The fraction of sp³-hybridized carbons (Fsp3) is 0.231. The minimum atomic E-state index is -0.194. The minimum absolute atomic E-state index is 0.102. The molecule has 0 bridgehead atoms. The number of H-pyrrole nitrogens is 1. The molecular weight excluding hydrogens is 214 g/mol. The summed E-state index contributed by atoms with van der Waals surface area (Å²) in [6.45, 7) is 1.92. The summed E-state index contributed by atoms with van der Waals surface area (Å²) in [4.78, 5) is 16.5. The third kappa shape index (κ3) is 1.87. The molecule has 0 unspecified atom stereocenters. The first kappa shape index (κ1) is 11.2. The molecule has 0 aliphatic rings. The van der Waals surface area contributed by atoms with Crippen LogP contribution in [0.15, 0.2) is 24.3 Å².